The minimum atomic E-state index is -0.596. The summed E-state index contributed by atoms with van der Waals surface area (Å²) in [6, 6.07) is 2.52. The van der Waals surface area contributed by atoms with Crippen LogP contribution in [0.15, 0.2) is 17.2 Å². The second-order valence-electron chi connectivity index (χ2n) is 4.50. The molecule has 122 valence electrons. The van der Waals surface area contributed by atoms with Crippen molar-refractivity contribution < 1.29 is 28.6 Å². The third-order valence-corrected chi connectivity index (χ3v) is 2.85. The first-order valence-electron chi connectivity index (χ1n) is 6.54. The van der Waals surface area contributed by atoms with Gasteiger partial charge >= 0.3 is 12.0 Å². The van der Waals surface area contributed by atoms with Crippen LogP contribution in [-0.2, 0) is 9.59 Å². The van der Waals surface area contributed by atoms with Crippen molar-refractivity contribution >= 4 is 24.1 Å². The summed E-state index contributed by atoms with van der Waals surface area (Å²) in [5.41, 5.74) is 0.529. The largest absolute Gasteiger partial charge is 0.493 e. The van der Waals surface area contributed by atoms with E-state index in [9.17, 15) is 14.4 Å². The fourth-order valence-corrected chi connectivity index (χ4v) is 1.88. The SMILES string of the molecule is COc1cc(/C=N\N2CC(=O)NC2=O)cc(OC)c1OC(C)=O. The van der Waals surface area contributed by atoms with Gasteiger partial charge in [-0.2, -0.15) is 5.10 Å². The molecule has 23 heavy (non-hydrogen) atoms. The molecular weight excluding hydrogens is 306 g/mol. The van der Waals surface area contributed by atoms with Crippen LogP contribution < -0.4 is 19.5 Å². The van der Waals surface area contributed by atoms with Crippen molar-refractivity contribution in [2.75, 3.05) is 20.8 Å². The monoisotopic (exact) mass is 321 g/mol. The summed E-state index contributed by atoms with van der Waals surface area (Å²) in [4.78, 5) is 33.6. The van der Waals surface area contributed by atoms with Gasteiger partial charge in [0.1, 0.15) is 6.54 Å². The smallest absolute Gasteiger partial charge is 0.344 e. The molecule has 0 atom stereocenters. The lowest BCUT2D eigenvalue weighted by atomic mass is 10.2. The molecule has 1 N–H and O–H groups in total. The van der Waals surface area contributed by atoms with Gasteiger partial charge < -0.3 is 14.2 Å². The lowest BCUT2D eigenvalue weighted by molar-refractivity contribution is -0.132. The van der Waals surface area contributed by atoms with Crippen molar-refractivity contribution in [3.8, 4) is 17.2 Å². The second kappa shape index (κ2) is 6.77. The molecule has 1 aromatic carbocycles. The molecule has 1 aliphatic rings. The normalized spacial score (nSPS) is 14.1. The van der Waals surface area contributed by atoms with Gasteiger partial charge in [0.25, 0.3) is 0 Å². The number of urea groups is 1. The van der Waals surface area contributed by atoms with Crippen LogP contribution >= 0.6 is 0 Å². The number of imide groups is 1. The minimum absolute atomic E-state index is 0.144. The Bertz CT molecular complexity index is 660. The van der Waals surface area contributed by atoms with Gasteiger partial charge in [-0.25, -0.2) is 9.80 Å². The number of hydrogen-bond acceptors (Lipinski definition) is 7. The molecule has 2 rings (SSSR count). The molecule has 1 saturated heterocycles. The quantitative estimate of drug-likeness (QED) is 0.367. The zero-order valence-electron chi connectivity index (χ0n) is 12.8. The van der Waals surface area contributed by atoms with Crippen molar-refractivity contribution in [3.05, 3.63) is 17.7 Å². The molecule has 0 aliphatic carbocycles. The Morgan fingerprint density at radius 2 is 1.87 bits per heavy atom. The number of hydrazone groups is 1. The summed E-state index contributed by atoms with van der Waals surface area (Å²) in [6.07, 6.45) is 1.36. The number of amides is 3. The number of ether oxygens (including phenoxy) is 3. The molecule has 1 heterocycles. The van der Waals surface area contributed by atoms with Gasteiger partial charge in [-0.15, -0.1) is 0 Å². The first-order chi connectivity index (χ1) is 10.9. The molecule has 1 fully saturated rings. The molecule has 0 radical (unpaired) electrons. The predicted octanol–water partition coefficient (Wildman–Crippen LogP) is 0.515. The van der Waals surface area contributed by atoms with E-state index in [1.54, 1.807) is 12.1 Å². The van der Waals surface area contributed by atoms with Crippen LogP contribution in [0, 0.1) is 0 Å². The molecule has 0 saturated carbocycles. The zero-order chi connectivity index (χ0) is 17.0. The molecule has 0 bridgehead atoms. The van der Waals surface area contributed by atoms with Crippen LogP contribution in [0.5, 0.6) is 17.2 Å². The van der Waals surface area contributed by atoms with Gasteiger partial charge in [0.2, 0.25) is 11.7 Å². The van der Waals surface area contributed by atoms with E-state index in [1.807, 2.05) is 0 Å². The van der Waals surface area contributed by atoms with E-state index in [4.69, 9.17) is 14.2 Å². The van der Waals surface area contributed by atoms with Crippen molar-refractivity contribution in [1.82, 2.24) is 10.3 Å². The summed E-state index contributed by atoms with van der Waals surface area (Å²) in [5, 5.41) is 7.02. The van der Waals surface area contributed by atoms with Crippen molar-refractivity contribution in [2.45, 2.75) is 6.92 Å². The fourth-order valence-electron chi connectivity index (χ4n) is 1.88. The molecule has 3 amide bonds. The zero-order valence-corrected chi connectivity index (χ0v) is 12.8. The molecule has 0 unspecified atom stereocenters. The minimum Gasteiger partial charge on any atom is -0.493 e. The number of benzene rings is 1. The summed E-state index contributed by atoms with van der Waals surface area (Å²) >= 11 is 0. The Balaban J connectivity index is 2.31. The number of esters is 1. The number of hydrogen-bond donors (Lipinski definition) is 1. The Labute approximate surface area is 131 Å². The van der Waals surface area contributed by atoms with Crippen molar-refractivity contribution in [1.29, 1.82) is 0 Å². The molecule has 1 aliphatic heterocycles. The maximum absolute atomic E-state index is 11.4. The van der Waals surface area contributed by atoms with Crippen molar-refractivity contribution in [2.24, 2.45) is 5.10 Å². The number of rotatable bonds is 5. The summed E-state index contributed by atoms with van der Waals surface area (Å²) < 4.78 is 15.4. The van der Waals surface area contributed by atoms with E-state index in [1.165, 1.54) is 27.4 Å². The molecule has 0 aromatic heterocycles. The highest BCUT2D eigenvalue weighted by Crippen LogP contribution is 2.38. The van der Waals surface area contributed by atoms with Gasteiger partial charge in [-0.05, 0) is 12.1 Å². The Morgan fingerprint density at radius 3 is 2.30 bits per heavy atom. The van der Waals surface area contributed by atoms with Crippen LogP contribution in [0.1, 0.15) is 12.5 Å². The van der Waals surface area contributed by atoms with E-state index in [0.717, 1.165) is 5.01 Å². The highest BCUT2D eigenvalue weighted by molar-refractivity contribution is 6.02. The first kappa shape index (κ1) is 16.3. The second-order valence-corrected chi connectivity index (χ2v) is 4.50. The third kappa shape index (κ3) is 3.76. The van der Waals surface area contributed by atoms with Crippen LogP contribution in [0.25, 0.3) is 0 Å². The van der Waals surface area contributed by atoms with Crippen LogP contribution in [0.3, 0.4) is 0 Å². The fraction of sp³-hybridized carbons (Fsp3) is 0.286. The van der Waals surface area contributed by atoms with E-state index >= 15 is 0 Å². The molecular formula is C14H15N3O6. The predicted molar refractivity (Wildman–Crippen MR) is 78.7 cm³/mol. The van der Waals surface area contributed by atoms with E-state index < -0.39 is 17.9 Å². The van der Waals surface area contributed by atoms with Gasteiger partial charge in [0.05, 0.1) is 20.4 Å². The standard InChI is InChI=1S/C14H15N3O6/c1-8(18)23-13-10(21-2)4-9(5-11(13)22-3)6-15-17-7-12(19)16-14(17)20/h4-6H,7H2,1-3H3,(H,16,19,20)/b15-6-. The maximum atomic E-state index is 11.4. The Hall–Kier alpha value is -3.10. The average Bonchev–Trinajstić information content (AvgIpc) is 2.83. The Kier molecular flexibility index (Phi) is 4.79. The number of nitrogens with one attached hydrogen (secondary N) is 1. The number of nitrogens with zero attached hydrogens (tertiary/aromatic N) is 2. The average molecular weight is 321 g/mol. The number of carbonyl (C=O) groups is 3. The molecule has 0 spiro atoms. The summed E-state index contributed by atoms with van der Waals surface area (Å²) in [6.45, 7) is 1.12. The lowest BCUT2D eigenvalue weighted by Crippen LogP contribution is -2.24. The van der Waals surface area contributed by atoms with Crippen LogP contribution in [0.4, 0.5) is 4.79 Å². The maximum Gasteiger partial charge on any atom is 0.344 e. The van der Waals surface area contributed by atoms with Crippen LogP contribution in [-0.4, -0.2) is 49.9 Å². The van der Waals surface area contributed by atoms with Crippen molar-refractivity contribution in [3.63, 3.8) is 0 Å². The lowest BCUT2D eigenvalue weighted by Gasteiger charge is -2.13. The summed E-state index contributed by atoms with van der Waals surface area (Å²) in [5.74, 6) is -0.262. The highest BCUT2D eigenvalue weighted by Gasteiger charge is 2.26. The van der Waals surface area contributed by atoms with E-state index in [2.05, 4.69) is 10.4 Å². The number of methoxy groups -OCH3 is 2. The van der Waals surface area contributed by atoms with Gasteiger partial charge in [-0.3, -0.25) is 14.9 Å². The van der Waals surface area contributed by atoms with Gasteiger partial charge in [0.15, 0.2) is 11.5 Å². The van der Waals surface area contributed by atoms with E-state index in [0.29, 0.717) is 5.56 Å². The molecule has 1 aromatic rings. The highest BCUT2D eigenvalue weighted by atomic mass is 16.6. The molecule has 9 heteroatoms. The van der Waals surface area contributed by atoms with Gasteiger partial charge in [-0.1, -0.05) is 0 Å². The Morgan fingerprint density at radius 1 is 1.26 bits per heavy atom. The third-order valence-electron chi connectivity index (χ3n) is 2.85. The van der Waals surface area contributed by atoms with Crippen LogP contribution in [0.2, 0.25) is 0 Å². The van der Waals surface area contributed by atoms with Gasteiger partial charge in [0, 0.05) is 12.5 Å². The number of carbonyl (C=O) groups excluding carboxylic acids is 3. The summed E-state index contributed by atoms with van der Waals surface area (Å²) in [7, 11) is 2.82. The topological polar surface area (TPSA) is 107 Å². The first-order valence-corrected chi connectivity index (χ1v) is 6.54. The molecule has 9 nitrogen and oxygen atoms in total. The van der Waals surface area contributed by atoms with E-state index in [-0.39, 0.29) is 23.8 Å².